The number of hydrogen-bond donors (Lipinski definition) is 2. The lowest BCUT2D eigenvalue weighted by Crippen LogP contribution is -2.25. The molecular formula is C23H26N6O2S. The van der Waals surface area contributed by atoms with Crippen molar-refractivity contribution >= 4 is 29.3 Å². The molecule has 1 heterocycles. The lowest BCUT2D eigenvalue weighted by atomic mass is 10.1. The molecule has 2 aromatic carbocycles. The first-order chi connectivity index (χ1) is 15.6. The smallest absolute Gasteiger partial charge is 0.253 e. The Balaban J connectivity index is 1.34. The number of rotatable bonds is 8. The van der Waals surface area contributed by atoms with E-state index in [1.54, 1.807) is 24.3 Å². The van der Waals surface area contributed by atoms with Crippen LogP contribution in [0, 0.1) is 6.92 Å². The van der Waals surface area contributed by atoms with Gasteiger partial charge in [-0.25, -0.2) is 4.68 Å². The van der Waals surface area contributed by atoms with Crippen LogP contribution in [0.2, 0.25) is 0 Å². The molecule has 0 bridgehead atoms. The number of carbonyl (C=O) groups excluding carboxylic acids is 2. The van der Waals surface area contributed by atoms with Crippen molar-refractivity contribution in [2.45, 2.75) is 50.4 Å². The van der Waals surface area contributed by atoms with Crippen molar-refractivity contribution in [2.75, 3.05) is 11.1 Å². The van der Waals surface area contributed by atoms with E-state index in [-0.39, 0.29) is 17.6 Å². The summed E-state index contributed by atoms with van der Waals surface area (Å²) < 4.78 is 1.83. The number of nitrogens with zero attached hydrogens (tertiary/aromatic N) is 4. The van der Waals surface area contributed by atoms with Crippen molar-refractivity contribution in [1.29, 1.82) is 0 Å². The van der Waals surface area contributed by atoms with Crippen LogP contribution < -0.4 is 10.6 Å². The van der Waals surface area contributed by atoms with E-state index >= 15 is 0 Å². The van der Waals surface area contributed by atoms with Gasteiger partial charge in [-0.2, -0.15) is 0 Å². The summed E-state index contributed by atoms with van der Waals surface area (Å²) in [7, 11) is 0. The zero-order valence-corrected chi connectivity index (χ0v) is 18.8. The second kappa shape index (κ2) is 10.4. The van der Waals surface area contributed by atoms with Crippen LogP contribution >= 0.6 is 11.8 Å². The Labute approximate surface area is 191 Å². The van der Waals surface area contributed by atoms with E-state index in [1.165, 1.54) is 30.2 Å². The number of hydrogen-bond acceptors (Lipinski definition) is 6. The first-order valence-corrected chi connectivity index (χ1v) is 11.7. The molecule has 32 heavy (non-hydrogen) atoms. The lowest BCUT2D eigenvalue weighted by molar-refractivity contribution is -0.113. The van der Waals surface area contributed by atoms with Crippen molar-refractivity contribution in [3.8, 4) is 0 Å². The number of carbonyl (C=O) groups is 2. The largest absolute Gasteiger partial charge is 0.348 e. The second-order valence-electron chi connectivity index (χ2n) is 7.90. The number of para-hydroxylation sites is 1. The topological polar surface area (TPSA) is 102 Å². The summed E-state index contributed by atoms with van der Waals surface area (Å²) in [5, 5.41) is 18.4. The number of thioether (sulfide) groups is 1. The molecule has 1 aromatic heterocycles. The molecule has 0 saturated heterocycles. The van der Waals surface area contributed by atoms with Crippen molar-refractivity contribution in [2.24, 2.45) is 0 Å². The van der Waals surface area contributed by atoms with E-state index in [4.69, 9.17) is 0 Å². The van der Waals surface area contributed by atoms with Gasteiger partial charge in [-0.15, -0.1) is 5.10 Å². The van der Waals surface area contributed by atoms with Crippen LogP contribution in [0.1, 0.15) is 53.2 Å². The van der Waals surface area contributed by atoms with Crippen LogP contribution in [-0.2, 0) is 11.3 Å². The minimum atomic E-state index is -0.237. The van der Waals surface area contributed by atoms with E-state index in [9.17, 15) is 9.59 Å². The highest BCUT2D eigenvalue weighted by Crippen LogP contribution is 2.31. The fourth-order valence-corrected chi connectivity index (χ4v) is 4.49. The van der Waals surface area contributed by atoms with Crippen LogP contribution in [0.4, 0.5) is 5.69 Å². The molecule has 8 nitrogen and oxygen atoms in total. The molecular weight excluding hydrogens is 424 g/mol. The predicted molar refractivity (Wildman–Crippen MR) is 123 cm³/mol. The number of nitrogens with one attached hydrogen (secondary N) is 2. The monoisotopic (exact) mass is 450 g/mol. The summed E-state index contributed by atoms with van der Waals surface area (Å²) in [6, 6.07) is 15.3. The van der Waals surface area contributed by atoms with Gasteiger partial charge in [0, 0.05) is 6.54 Å². The summed E-state index contributed by atoms with van der Waals surface area (Å²) in [5.41, 5.74) is 3.09. The van der Waals surface area contributed by atoms with Gasteiger partial charge >= 0.3 is 0 Å². The predicted octanol–water partition coefficient (Wildman–Crippen LogP) is 3.76. The van der Waals surface area contributed by atoms with Gasteiger partial charge in [0.05, 0.1) is 23.0 Å². The molecule has 1 fully saturated rings. The van der Waals surface area contributed by atoms with Gasteiger partial charge in [-0.05, 0) is 47.9 Å². The minimum Gasteiger partial charge on any atom is -0.348 e. The van der Waals surface area contributed by atoms with E-state index in [0.717, 1.165) is 18.4 Å². The van der Waals surface area contributed by atoms with E-state index in [1.807, 2.05) is 35.9 Å². The maximum atomic E-state index is 12.7. The number of amides is 2. The van der Waals surface area contributed by atoms with Crippen molar-refractivity contribution in [1.82, 2.24) is 25.5 Å². The lowest BCUT2D eigenvalue weighted by Gasteiger charge is -2.12. The van der Waals surface area contributed by atoms with Crippen molar-refractivity contribution < 1.29 is 9.59 Å². The van der Waals surface area contributed by atoms with Crippen LogP contribution in [0.15, 0.2) is 53.7 Å². The van der Waals surface area contributed by atoms with E-state index < -0.39 is 0 Å². The third-order valence-corrected chi connectivity index (χ3v) is 6.42. The average molecular weight is 451 g/mol. The molecule has 166 valence electrons. The van der Waals surface area contributed by atoms with Gasteiger partial charge < -0.3 is 10.6 Å². The summed E-state index contributed by atoms with van der Waals surface area (Å²) in [6.45, 7) is 2.44. The van der Waals surface area contributed by atoms with Crippen LogP contribution in [0.25, 0.3) is 0 Å². The van der Waals surface area contributed by atoms with Gasteiger partial charge in [0.15, 0.2) is 0 Å². The molecule has 1 saturated carbocycles. The number of aryl methyl sites for hydroxylation is 1. The third kappa shape index (κ3) is 5.53. The third-order valence-electron chi connectivity index (χ3n) is 5.48. The molecule has 1 aliphatic rings. The summed E-state index contributed by atoms with van der Waals surface area (Å²) in [5.74, 6) is -0.291. The van der Waals surface area contributed by atoms with Gasteiger partial charge in [0.25, 0.3) is 5.91 Å². The minimum absolute atomic E-state index is 0.159. The highest BCUT2D eigenvalue weighted by Gasteiger charge is 2.22. The zero-order chi connectivity index (χ0) is 22.3. The number of aromatic nitrogens is 4. The summed E-state index contributed by atoms with van der Waals surface area (Å²) in [6.07, 6.45) is 4.49. The first-order valence-electron chi connectivity index (χ1n) is 10.7. The van der Waals surface area contributed by atoms with Gasteiger partial charge in [0.1, 0.15) is 0 Å². The number of anilines is 1. The summed E-state index contributed by atoms with van der Waals surface area (Å²) in [4.78, 5) is 25.3. The Morgan fingerprint density at radius 2 is 1.84 bits per heavy atom. The molecule has 1 aliphatic carbocycles. The molecule has 9 heteroatoms. The van der Waals surface area contributed by atoms with Crippen molar-refractivity contribution in [3.05, 3.63) is 65.2 Å². The molecule has 0 unspecified atom stereocenters. The normalized spacial score (nSPS) is 13.8. The second-order valence-corrected chi connectivity index (χ2v) is 8.84. The van der Waals surface area contributed by atoms with Crippen molar-refractivity contribution in [3.63, 3.8) is 0 Å². The highest BCUT2D eigenvalue weighted by molar-refractivity contribution is 7.99. The summed E-state index contributed by atoms with van der Waals surface area (Å²) >= 11 is 1.31. The average Bonchev–Trinajstić information content (AvgIpc) is 3.49. The van der Waals surface area contributed by atoms with Crippen LogP contribution in [0.5, 0.6) is 0 Å². The quantitative estimate of drug-likeness (QED) is 0.507. The van der Waals surface area contributed by atoms with Gasteiger partial charge in [0.2, 0.25) is 11.1 Å². The van der Waals surface area contributed by atoms with Gasteiger partial charge in [-0.1, -0.05) is 66.6 Å². The molecule has 2 amide bonds. The van der Waals surface area contributed by atoms with Crippen LogP contribution in [0.3, 0.4) is 0 Å². The Morgan fingerprint density at radius 3 is 2.62 bits per heavy atom. The number of benzene rings is 2. The fraction of sp³-hybridized carbons (Fsp3) is 0.348. The SMILES string of the molecule is Cc1ccc(CNC(=O)c2ccccc2NC(=O)CSc2nnnn2C2CCCC2)cc1. The highest BCUT2D eigenvalue weighted by atomic mass is 32.2. The van der Waals surface area contributed by atoms with E-state index in [2.05, 4.69) is 26.2 Å². The fourth-order valence-electron chi connectivity index (χ4n) is 3.75. The molecule has 0 aliphatic heterocycles. The van der Waals surface area contributed by atoms with Crippen LogP contribution in [-0.4, -0.2) is 37.8 Å². The standard InChI is InChI=1S/C23H26N6O2S/c1-16-10-12-17(13-11-16)14-24-22(31)19-8-4-5-9-20(19)25-21(30)15-32-23-26-27-28-29(23)18-6-2-3-7-18/h4-5,8-13,18H,2-3,6-7,14-15H2,1H3,(H,24,31)(H,25,30). The maximum Gasteiger partial charge on any atom is 0.253 e. The number of tetrazole rings is 1. The zero-order valence-electron chi connectivity index (χ0n) is 18.0. The Morgan fingerprint density at radius 1 is 1.09 bits per heavy atom. The van der Waals surface area contributed by atoms with Gasteiger partial charge in [-0.3, -0.25) is 9.59 Å². The Bertz CT molecular complexity index is 1080. The molecule has 0 radical (unpaired) electrons. The molecule has 0 atom stereocenters. The first kappa shape index (κ1) is 22.0. The molecule has 2 N–H and O–H groups in total. The van der Waals surface area contributed by atoms with E-state index in [0.29, 0.717) is 29.0 Å². The molecule has 3 aromatic rings. The maximum absolute atomic E-state index is 12.7. The molecule has 4 rings (SSSR count). The Hall–Kier alpha value is -3.20. The Kier molecular flexibility index (Phi) is 7.16. The molecule has 0 spiro atoms.